The number of benzene rings is 2. The van der Waals surface area contributed by atoms with Crippen molar-refractivity contribution in [1.29, 1.82) is 0 Å². The van der Waals surface area contributed by atoms with Gasteiger partial charge in [-0.1, -0.05) is 24.3 Å². The van der Waals surface area contributed by atoms with Crippen LogP contribution in [0.15, 0.2) is 42.5 Å². The van der Waals surface area contributed by atoms with Crippen molar-refractivity contribution in [1.82, 2.24) is 0 Å². The third kappa shape index (κ3) is 2.84. The Balaban J connectivity index is 1.89. The fourth-order valence-electron chi connectivity index (χ4n) is 2.93. The molecule has 1 unspecified atom stereocenters. The summed E-state index contributed by atoms with van der Waals surface area (Å²) >= 11 is 0. The third-order valence-corrected chi connectivity index (χ3v) is 4.52. The highest BCUT2D eigenvalue weighted by atomic mass is 16.2. The van der Waals surface area contributed by atoms with Crippen molar-refractivity contribution in [2.75, 3.05) is 17.3 Å². The molecule has 118 valence electrons. The summed E-state index contributed by atoms with van der Waals surface area (Å²) in [6, 6.07) is 13.4. The van der Waals surface area contributed by atoms with Gasteiger partial charge in [0.2, 0.25) is 11.8 Å². The van der Waals surface area contributed by atoms with Gasteiger partial charge in [-0.15, -0.1) is 0 Å². The first-order valence-electron chi connectivity index (χ1n) is 7.71. The minimum absolute atomic E-state index is 0.0380. The molecule has 0 saturated carbocycles. The molecule has 0 fully saturated rings. The molecule has 3 rings (SSSR count). The van der Waals surface area contributed by atoms with E-state index in [9.17, 15) is 9.59 Å². The van der Waals surface area contributed by atoms with Gasteiger partial charge in [0.1, 0.15) is 0 Å². The van der Waals surface area contributed by atoms with Crippen LogP contribution in [0.5, 0.6) is 0 Å². The average Bonchev–Trinajstić information content (AvgIpc) is 2.54. The molecule has 0 saturated heterocycles. The predicted octanol–water partition coefficient (Wildman–Crippen LogP) is 3.39. The van der Waals surface area contributed by atoms with Gasteiger partial charge in [-0.25, -0.2) is 0 Å². The van der Waals surface area contributed by atoms with Gasteiger partial charge in [-0.2, -0.15) is 0 Å². The molecular formula is C19H20N2O2. The number of anilines is 2. The Morgan fingerprint density at radius 1 is 1.13 bits per heavy atom. The van der Waals surface area contributed by atoms with Crippen molar-refractivity contribution >= 4 is 23.2 Å². The molecule has 1 aliphatic heterocycles. The number of nitrogens with one attached hydrogen (secondary N) is 1. The molecule has 2 amide bonds. The molecule has 23 heavy (non-hydrogen) atoms. The third-order valence-electron chi connectivity index (χ3n) is 4.52. The van der Waals surface area contributed by atoms with Gasteiger partial charge >= 0.3 is 0 Å². The molecule has 0 aromatic heterocycles. The van der Waals surface area contributed by atoms with Gasteiger partial charge in [0.05, 0.1) is 5.92 Å². The Kier molecular flexibility index (Phi) is 3.90. The lowest BCUT2D eigenvalue weighted by molar-refractivity contribution is -0.124. The second-order valence-electron chi connectivity index (χ2n) is 6.06. The SMILES string of the molecule is Cc1ccc(NC(=O)C2CC(=O)N(C)c3ccccc32)cc1C. The summed E-state index contributed by atoms with van der Waals surface area (Å²) in [6.07, 6.45) is 0.199. The molecule has 0 radical (unpaired) electrons. The van der Waals surface area contributed by atoms with E-state index in [1.165, 1.54) is 5.56 Å². The Hall–Kier alpha value is -2.62. The summed E-state index contributed by atoms with van der Waals surface area (Å²) in [5, 5.41) is 2.95. The Morgan fingerprint density at radius 3 is 2.61 bits per heavy atom. The predicted molar refractivity (Wildman–Crippen MR) is 91.8 cm³/mol. The lowest BCUT2D eigenvalue weighted by atomic mass is 9.89. The highest BCUT2D eigenvalue weighted by Crippen LogP contribution is 2.35. The summed E-state index contributed by atoms with van der Waals surface area (Å²) in [7, 11) is 1.75. The van der Waals surface area contributed by atoms with E-state index in [4.69, 9.17) is 0 Å². The maximum absolute atomic E-state index is 12.7. The van der Waals surface area contributed by atoms with Crippen LogP contribution < -0.4 is 10.2 Å². The monoisotopic (exact) mass is 308 g/mol. The van der Waals surface area contributed by atoms with Crippen molar-refractivity contribution in [3.8, 4) is 0 Å². The molecule has 4 heteroatoms. The summed E-state index contributed by atoms with van der Waals surface area (Å²) in [5.74, 6) is -0.623. The number of hydrogen-bond acceptors (Lipinski definition) is 2. The molecular weight excluding hydrogens is 288 g/mol. The molecule has 0 aliphatic carbocycles. The maximum atomic E-state index is 12.7. The zero-order valence-electron chi connectivity index (χ0n) is 13.6. The number of fused-ring (bicyclic) bond motifs is 1. The number of rotatable bonds is 2. The van der Waals surface area contributed by atoms with Crippen molar-refractivity contribution in [2.45, 2.75) is 26.2 Å². The molecule has 1 heterocycles. The number of nitrogens with zero attached hydrogens (tertiary/aromatic N) is 1. The molecule has 1 aliphatic rings. The lowest BCUT2D eigenvalue weighted by Gasteiger charge is -2.30. The smallest absolute Gasteiger partial charge is 0.232 e. The van der Waals surface area contributed by atoms with Crippen LogP contribution in [-0.2, 0) is 9.59 Å². The molecule has 4 nitrogen and oxygen atoms in total. The van der Waals surface area contributed by atoms with Crippen LogP contribution in [0.1, 0.15) is 29.0 Å². The first-order valence-corrected chi connectivity index (χ1v) is 7.71. The van der Waals surface area contributed by atoms with E-state index in [1.807, 2.05) is 56.3 Å². The van der Waals surface area contributed by atoms with E-state index in [2.05, 4.69) is 5.32 Å². The summed E-state index contributed by atoms with van der Waals surface area (Å²) in [5.41, 5.74) is 4.78. The molecule has 2 aromatic rings. The summed E-state index contributed by atoms with van der Waals surface area (Å²) in [4.78, 5) is 26.5. The van der Waals surface area contributed by atoms with Crippen LogP contribution >= 0.6 is 0 Å². The fraction of sp³-hybridized carbons (Fsp3) is 0.263. The van der Waals surface area contributed by atoms with E-state index in [0.717, 1.165) is 22.5 Å². The van der Waals surface area contributed by atoms with Gasteiger partial charge < -0.3 is 10.2 Å². The van der Waals surface area contributed by atoms with Crippen molar-refractivity contribution in [2.24, 2.45) is 0 Å². The molecule has 0 spiro atoms. The molecule has 1 N–H and O–H groups in total. The van der Waals surface area contributed by atoms with Crippen LogP contribution in [0.25, 0.3) is 0 Å². The number of hydrogen-bond donors (Lipinski definition) is 1. The topological polar surface area (TPSA) is 49.4 Å². The minimum atomic E-state index is -0.448. The van der Waals surface area contributed by atoms with Gasteiger partial charge in [-0.3, -0.25) is 9.59 Å². The highest BCUT2D eigenvalue weighted by Gasteiger charge is 2.33. The van der Waals surface area contributed by atoms with E-state index in [-0.39, 0.29) is 18.2 Å². The maximum Gasteiger partial charge on any atom is 0.232 e. The Labute approximate surface area is 136 Å². The molecule has 1 atom stereocenters. The van der Waals surface area contributed by atoms with Crippen molar-refractivity contribution in [3.63, 3.8) is 0 Å². The number of amides is 2. The largest absolute Gasteiger partial charge is 0.326 e. The van der Waals surface area contributed by atoms with Crippen LogP contribution in [-0.4, -0.2) is 18.9 Å². The number of carbonyl (C=O) groups excluding carboxylic acids is 2. The van der Waals surface area contributed by atoms with E-state index >= 15 is 0 Å². The second-order valence-corrected chi connectivity index (χ2v) is 6.06. The van der Waals surface area contributed by atoms with Gasteiger partial charge in [0, 0.05) is 24.8 Å². The van der Waals surface area contributed by atoms with Crippen LogP contribution in [0.4, 0.5) is 11.4 Å². The average molecular weight is 308 g/mol. The van der Waals surface area contributed by atoms with Gasteiger partial charge in [0.25, 0.3) is 0 Å². The van der Waals surface area contributed by atoms with Gasteiger partial charge in [-0.05, 0) is 48.7 Å². The Morgan fingerprint density at radius 2 is 1.87 bits per heavy atom. The minimum Gasteiger partial charge on any atom is -0.326 e. The Bertz CT molecular complexity index is 783. The van der Waals surface area contributed by atoms with Crippen LogP contribution in [0.3, 0.4) is 0 Å². The zero-order chi connectivity index (χ0) is 16.6. The highest BCUT2D eigenvalue weighted by molar-refractivity contribution is 6.05. The zero-order valence-corrected chi connectivity index (χ0v) is 13.6. The molecule has 2 aromatic carbocycles. The van der Waals surface area contributed by atoms with Crippen molar-refractivity contribution in [3.05, 3.63) is 59.2 Å². The van der Waals surface area contributed by atoms with Crippen LogP contribution in [0, 0.1) is 13.8 Å². The van der Waals surface area contributed by atoms with E-state index in [0.29, 0.717) is 0 Å². The summed E-state index contributed by atoms with van der Waals surface area (Å²) in [6.45, 7) is 4.05. The van der Waals surface area contributed by atoms with E-state index < -0.39 is 5.92 Å². The first-order chi connectivity index (χ1) is 11.0. The number of carbonyl (C=O) groups is 2. The van der Waals surface area contributed by atoms with Gasteiger partial charge in [0.15, 0.2) is 0 Å². The second kappa shape index (κ2) is 5.88. The quantitative estimate of drug-likeness (QED) is 0.924. The van der Waals surface area contributed by atoms with Crippen molar-refractivity contribution < 1.29 is 9.59 Å². The summed E-state index contributed by atoms with van der Waals surface area (Å²) < 4.78 is 0. The first kappa shape index (κ1) is 15.3. The standard InChI is InChI=1S/C19H20N2O2/c1-12-8-9-14(10-13(12)2)20-19(23)16-11-18(22)21(3)17-7-5-4-6-15(16)17/h4-10,16H,11H2,1-3H3,(H,20,23). The molecule has 0 bridgehead atoms. The number of aryl methyl sites for hydroxylation is 2. The van der Waals surface area contributed by atoms with Crippen LogP contribution in [0.2, 0.25) is 0 Å². The van der Waals surface area contributed by atoms with E-state index in [1.54, 1.807) is 11.9 Å². The normalized spacial score (nSPS) is 16.9. The lowest BCUT2D eigenvalue weighted by Crippen LogP contribution is -2.37. The number of para-hydroxylation sites is 1. The fourth-order valence-corrected chi connectivity index (χ4v) is 2.93.